The van der Waals surface area contributed by atoms with Crippen molar-refractivity contribution in [1.82, 2.24) is 20.2 Å². The lowest BCUT2D eigenvalue weighted by molar-refractivity contribution is 0.511. The van der Waals surface area contributed by atoms with Crippen LogP contribution in [0.2, 0.25) is 0 Å². The first-order chi connectivity index (χ1) is 12.3. The van der Waals surface area contributed by atoms with Crippen molar-refractivity contribution in [2.75, 3.05) is 5.32 Å². The molecule has 25 heavy (non-hydrogen) atoms. The van der Waals surface area contributed by atoms with Gasteiger partial charge in [0.15, 0.2) is 0 Å². The van der Waals surface area contributed by atoms with E-state index in [-0.39, 0.29) is 11.9 Å². The van der Waals surface area contributed by atoms with E-state index in [4.69, 9.17) is 0 Å². The third-order valence-electron chi connectivity index (χ3n) is 5.00. The van der Waals surface area contributed by atoms with Crippen molar-refractivity contribution in [3.63, 3.8) is 0 Å². The highest BCUT2D eigenvalue weighted by Gasteiger charge is 2.34. The first-order valence-corrected chi connectivity index (χ1v) is 8.43. The molecular formula is C19H16FN5. The number of aryl methyl sites for hydroxylation is 1. The van der Waals surface area contributed by atoms with Gasteiger partial charge in [0.2, 0.25) is 5.95 Å². The maximum atomic E-state index is 14.6. The Morgan fingerprint density at radius 3 is 2.80 bits per heavy atom. The van der Waals surface area contributed by atoms with Crippen LogP contribution in [0.4, 0.5) is 10.3 Å². The summed E-state index contributed by atoms with van der Waals surface area (Å²) in [6, 6.07) is 14.9. The van der Waals surface area contributed by atoms with Crippen LogP contribution in [0, 0.1) is 5.82 Å². The SMILES string of the molecule is Fc1ccccc1[C@H]1C2=C(Nc3nnnn31)c1ccccc1CCC2. The van der Waals surface area contributed by atoms with E-state index in [9.17, 15) is 4.39 Å². The third kappa shape index (κ3) is 2.17. The number of aromatic nitrogens is 4. The number of nitrogens with one attached hydrogen (secondary N) is 1. The average molecular weight is 333 g/mol. The predicted octanol–water partition coefficient (Wildman–Crippen LogP) is 3.57. The number of halogens is 1. The number of hydrogen-bond acceptors (Lipinski definition) is 4. The largest absolute Gasteiger partial charge is 0.322 e. The van der Waals surface area contributed by atoms with Crippen molar-refractivity contribution >= 4 is 11.6 Å². The molecule has 0 saturated carbocycles. The van der Waals surface area contributed by atoms with E-state index in [1.165, 1.54) is 11.6 Å². The molecule has 6 heteroatoms. The molecule has 0 radical (unpaired) electrons. The fourth-order valence-electron chi connectivity index (χ4n) is 3.90. The lowest BCUT2D eigenvalue weighted by atomic mass is 9.91. The summed E-state index contributed by atoms with van der Waals surface area (Å²) < 4.78 is 16.3. The number of benzene rings is 2. The van der Waals surface area contributed by atoms with Crippen LogP contribution in [0.5, 0.6) is 0 Å². The molecular weight excluding hydrogens is 317 g/mol. The summed E-state index contributed by atoms with van der Waals surface area (Å²) in [5.74, 6) is 0.309. The van der Waals surface area contributed by atoms with E-state index in [2.05, 4.69) is 39.0 Å². The molecule has 1 aromatic heterocycles. The first kappa shape index (κ1) is 14.3. The predicted molar refractivity (Wildman–Crippen MR) is 92.3 cm³/mol. The molecule has 5 nitrogen and oxygen atoms in total. The zero-order valence-electron chi connectivity index (χ0n) is 13.5. The number of fused-ring (bicyclic) bond motifs is 3. The Morgan fingerprint density at radius 2 is 1.88 bits per heavy atom. The van der Waals surface area contributed by atoms with E-state index in [0.717, 1.165) is 36.1 Å². The molecule has 3 aromatic rings. The van der Waals surface area contributed by atoms with Crippen LogP contribution in [-0.2, 0) is 6.42 Å². The Kier molecular flexibility index (Phi) is 3.16. The summed E-state index contributed by atoms with van der Waals surface area (Å²) in [7, 11) is 0. The minimum Gasteiger partial charge on any atom is -0.322 e. The van der Waals surface area contributed by atoms with E-state index in [1.807, 2.05) is 18.2 Å². The van der Waals surface area contributed by atoms with Crippen molar-refractivity contribution < 1.29 is 4.39 Å². The van der Waals surface area contributed by atoms with E-state index < -0.39 is 0 Å². The number of allylic oxidation sites excluding steroid dienone is 1. The highest BCUT2D eigenvalue weighted by Crippen LogP contribution is 2.43. The zero-order valence-corrected chi connectivity index (χ0v) is 13.5. The minimum atomic E-state index is -0.325. The van der Waals surface area contributed by atoms with E-state index in [1.54, 1.807) is 10.7 Å². The first-order valence-electron chi connectivity index (χ1n) is 8.43. The van der Waals surface area contributed by atoms with Gasteiger partial charge in [0, 0.05) is 11.1 Å². The van der Waals surface area contributed by atoms with Crippen LogP contribution in [-0.4, -0.2) is 20.2 Å². The van der Waals surface area contributed by atoms with Gasteiger partial charge in [-0.1, -0.05) is 47.6 Å². The van der Waals surface area contributed by atoms with Crippen LogP contribution in [0.25, 0.3) is 5.70 Å². The maximum Gasteiger partial charge on any atom is 0.248 e. The van der Waals surface area contributed by atoms with E-state index in [0.29, 0.717) is 11.5 Å². The van der Waals surface area contributed by atoms with Gasteiger partial charge in [0.05, 0.1) is 5.70 Å². The number of rotatable bonds is 1. The number of nitrogens with zero attached hydrogens (tertiary/aromatic N) is 4. The molecule has 0 amide bonds. The van der Waals surface area contributed by atoms with Gasteiger partial charge in [0.25, 0.3) is 0 Å². The minimum absolute atomic E-state index is 0.236. The Labute approximate surface area is 144 Å². The summed E-state index contributed by atoms with van der Waals surface area (Å²) in [5, 5.41) is 15.4. The van der Waals surface area contributed by atoms with Gasteiger partial charge in [-0.05, 0) is 46.9 Å². The quantitative estimate of drug-likeness (QED) is 0.740. The van der Waals surface area contributed by atoms with Gasteiger partial charge < -0.3 is 5.32 Å². The second-order valence-corrected chi connectivity index (χ2v) is 6.41. The van der Waals surface area contributed by atoms with Crippen molar-refractivity contribution in [3.8, 4) is 0 Å². The molecule has 0 bridgehead atoms. The second kappa shape index (κ2) is 5.51. The monoisotopic (exact) mass is 333 g/mol. The zero-order chi connectivity index (χ0) is 16.8. The van der Waals surface area contributed by atoms with Gasteiger partial charge in [0.1, 0.15) is 11.9 Å². The summed E-state index contributed by atoms with van der Waals surface area (Å²) in [4.78, 5) is 0. The van der Waals surface area contributed by atoms with E-state index >= 15 is 0 Å². The molecule has 0 fully saturated rings. The second-order valence-electron chi connectivity index (χ2n) is 6.41. The molecule has 2 aliphatic rings. The Hall–Kier alpha value is -3.02. The molecule has 124 valence electrons. The summed E-state index contributed by atoms with van der Waals surface area (Å²) in [5.41, 5.74) is 5.21. The highest BCUT2D eigenvalue weighted by atomic mass is 19.1. The topological polar surface area (TPSA) is 55.6 Å². The van der Waals surface area contributed by atoms with Gasteiger partial charge in [-0.2, -0.15) is 4.68 Å². The smallest absolute Gasteiger partial charge is 0.248 e. The average Bonchev–Trinajstić information content (AvgIpc) is 3.02. The van der Waals surface area contributed by atoms with Crippen molar-refractivity contribution in [3.05, 3.63) is 76.6 Å². The fourth-order valence-corrected chi connectivity index (χ4v) is 3.90. The molecule has 1 aliphatic heterocycles. The van der Waals surface area contributed by atoms with Crippen molar-refractivity contribution in [2.24, 2.45) is 0 Å². The summed E-state index contributed by atoms with van der Waals surface area (Å²) in [6.07, 6.45) is 2.89. The molecule has 0 unspecified atom stereocenters. The van der Waals surface area contributed by atoms with Crippen LogP contribution in [0.3, 0.4) is 0 Å². The van der Waals surface area contributed by atoms with Crippen LogP contribution in [0.1, 0.15) is 35.6 Å². The fraction of sp³-hybridized carbons (Fsp3) is 0.211. The maximum absolute atomic E-state index is 14.6. The molecule has 2 heterocycles. The highest BCUT2D eigenvalue weighted by molar-refractivity contribution is 5.82. The summed E-state index contributed by atoms with van der Waals surface area (Å²) in [6.45, 7) is 0. The normalized spacial score (nSPS) is 18.7. The molecule has 2 aromatic carbocycles. The third-order valence-corrected chi connectivity index (χ3v) is 5.00. The molecule has 5 rings (SSSR count). The van der Waals surface area contributed by atoms with Gasteiger partial charge in [-0.25, -0.2) is 4.39 Å². The standard InChI is InChI=1S/C19H16FN5/c20-16-11-4-3-9-14(16)18-15-10-5-7-12-6-1-2-8-13(12)17(15)21-19-22-23-24-25(18)19/h1-4,6,8-9,11,18H,5,7,10H2,(H,21,22,24)/t18-/m0/s1. The Balaban J connectivity index is 1.78. The number of anilines is 1. The lowest BCUT2D eigenvalue weighted by Crippen LogP contribution is -2.25. The molecule has 0 spiro atoms. The van der Waals surface area contributed by atoms with Crippen LogP contribution >= 0.6 is 0 Å². The number of tetrazole rings is 1. The molecule has 1 atom stereocenters. The molecule has 0 saturated heterocycles. The molecule has 1 aliphatic carbocycles. The summed E-state index contributed by atoms with van der Waals surface area (Å²) >= 11 is 0. The number of hydrogen-bond donors (Lipinski definition) is 1. The molecule has 1 N–H and O–H groups in total. The van der Waals surface area contributed by atoms with Gasteiger partial charge in [-0.3, -0.25) is 0 Å². The van der Waals surface area contributed by atoms with Crippen molar-refractivity contribution in [1.29, 1.82) is 0 Å². The lowest BCUT2D eigenvalue weighted by Gasteiger charge is -2.29. The van der Waals surface area contributed by atoms with Crippen molar-refractivity contribution in [2.45, 2.75) is 25.3 Å². The Morgan fingerprint density at radius 1 is 1.04 bits per heavy atom. The Bertz CT molecular complexity index is 991. The van der Waals surface area contributed by atoms with Gasteiger partial charge in [-0.15, -0.1) is 0 Å². The van der Waals surface area contributed by atoms with Gasteiger partial charge >= 0.3 is 0 Å². The van der Waals surface area contributed by atoms with Crippen LogP contribution < -0.4 is 5.32 Å². The van der Waals surface area contributed by atoms with Crippen LogP contribution in [0.15, 0.2) is 54.1 Å².